The maximum atomic E-state index is 11.3. The number of carboxylic acids is 1. The molecule has 2 rings (SSSR count). The van der Waals surface area contributed by atoms with Crippen LogP contribution in [-0.4, -0.2) is 26.8 Å². The normalized spacial score (nSPS) is 10.6. The summed E-state index contributed by atoms with van der Waals surface area (Å²) in [6, 6.07) is 3.22. The minimum absolute atomic E-state index is 0.299. The highest BCUT2D eigenvalue weighted by Gasteiger charge is 2.28. The Morgan fingerprint density at radius 2 is 1.94 bits per heavy atom. The molecule has 0 fully saturated rings. The van der Waals surface area contributed by atoms with Gasteiger partial charge in [0, 0.05) is 5.69 Å². The van der Waals surface area contributed by atoms with Crippen LogP contribution in [0.15, 0.2) is 22.8 Å². The molecule has 0 saturated heterocycles. The van der Waals surface area contributed by atoms with E-state index in [2.05, 4.69) is 0 Å². The van der Waals surface area contributed by atoms with E-state index in [1.807, 2.05) is 0 Å². The maximum absolute atomic E-state index is 11.3. The van der Waals surface area contributed by atoms with E-state index in [9.17, 15) is 14.7 Å². The molecule has 6 nitrogen and oxygen atoms in total. The highest BCUT2D eigenvalue weighted by atomic mass is 16.4. The molecule has 2 N–H and O–H groups in total. The van der Waals surface area contributed by atoms with E-state index in [0.29, 0.717) is 22.6 Å². The summed E-state index contributed by atoms with van der Waals surface area (Å²) >= 11 is 0. The first-order chi connectivity index (χ1) is 8.45. The number of rotatable bonds is 2. The van der Waals surface area contributed by atoms with Crippen LogP contribution in [0.1, 0.15) is 21.7 Å². The summed E-state index contributed by atoms with van der Waals surface area (Å²) in [5.41, 5.74) is 0.941. The molecule has 94 valence electrons. The van der Waals surface area contributed by atoms with Crippen molar-refractivity contribution in [3.63, 3.8) is 0 Å². The molecule has 0 saturated carbocycles. The van der Waals surface area contributed by atoms with Gasteiger partial charge in [-0.3, -0.25) is 0 Å². The van der Waals surface area contributed by atoms with Crippen LogP contribution < -0.4 is 0 Å². The highest BCUT2D eigenvalue weighted by Crippen LogP contribution is 2.32. The molecule has 0 aliphatic rings. The number of nitrogens with zero attached hydrogens (tertiary/aromatic N) is 1. The van der Waals surface area contributed by atoms with Gasteiger partial charge in [0.05, 0.1) is 11.8 Å². The summed E-state index contributed by atoms with van der Waals surface area (Å²) in [6.45, 7) is 3.22. The minimum atomic E-state index is -1.33. The number of furan rings is 1. The van der Waals surface area contributed by atoms with Gasteiger partial charge in [0.1, 0.15) is 11.5 Å². The predicted octanol–water partition coefficient (Wildman–Crippen LogP) is 2.59. The zero-order valence-corrected chi connectivity index (χ0v) is 9.80. The van der Waals surface area contributed by atoms with Gasteiger partial charge >= 0.3 is 12.1 Å². The zero-order valence-electron chi connectivity index (χ0n) is 9.80. The molecule has 2 aromatic heterocycles. The Hall–Kier alpha value is -2.50. The number of hydrogen-bond donors (Lipinski definition) is 2. The molecule has 0 aliphatic carbocycles. The van der Waals surface area contributed by atoms with Crippen LogP contribution in [-0.2, 0) is 0 Å². The van der Waals surface area contributed by atoms with Crippen molar-refractivity contribution in [1.82, 2.24) is 4.57 Å². The van der Waals surface area contributed by atoms with E-state index in [4.69, 9.17) is 9.52 Å². The summed E-state index contributed by atoms with van der Waals surface area (Å²) in [4.78, 5) is 22.4. The average Bonchev–Trinajstić information content (AvgIpc) is 2.86. The Morgan fingerprint density at radius 1 is 1.28 bits per heavy atom. The van der Waals surface area contributed by atoms with Crippen molar-refractivity contribution >= 4 is 12.1 Å². The quantitative estimate of drug-likeness (QED) is 0.853. The van der Waals surface area contributed by atoms with E-state index >= 15 is 0 Å². The van der Waals surface area contributed by atoms with Crippen LogP contribution in [0, 0.1) is 13.8 Å². The van der Waals surface area contributed by atoms with Crippen LogP contribution in [0.2, 0.25) is 0 Å². The molecule has 0 bridgehead atoms. The fourth-order valence-electron chi connectivity index (χ4n) is 1.97. The second-order valence-corrected chi connectivity index (χ2v) is 3.83. The Balaban J connectivity index is 2.85. The summed E-state index contributed by atoms with van der Waals surface area (Å²) in [7, 11) is 0. The van der Waals surface area contributed by atoms with Crippen LogP contribution in [0.3, 0.4) is 0 Å². The van der Waals surface area contributed by atoms with E-state index in [-0.39, 0.29) is 5.69 Å². The molecule has 6 heteroatoms. The second-order valence-electron chi connectivity index (χ2n) is 3.83. The molecule has 0 spiro atoms. The molecule has 2 aromatic rings. The highest BCUT2D eigenvalue weighted by molar-refractivity contribution is 5.99. The third-order valence-corrected chi connectivity index (χ3v) is 2.87. The summed E-state index contributed by atoms with van der Waals surface area (Å²) in [5.74, 6) is -0.965. The molecular weight excluding hydrogens is 238 g/mol. The lowest BCUT2D eigenvalue weighted by molar-refractivity contribution is 0.0684. The van der Waals surface area contributed by atoms with E-state index < -0.39 is 12.1 Å². The summed E-state index contributed by atoms with van der Waals surface area (Å²) in [5, 5.41) is 18.3. The standard InChI is InChI=1S/C12H11NO5/c1-6-7(2)13(12(16)17)10(11(14)15)9(6)8-4-3-5-18-8/h3-5H,1-2H3,(H,14,15)(H,16,17). The van der Waals surface area contributed by atoms with Crippen molar-refractivity contribution < 1.29 is 24.2 Å². The molecule has 18 heavy (non-hydrogen) atoms. The fraction of sp³-hybridized carbons (Fsp3) is 0.167. The first-order valence-electron chi connectivity index (χ1n) is 5.17. The van der Waals surface area contributed by atoms with Gasteiger partial charge in [0.25, 0.3) is 0 Å². The van der Waals surface area contributed by atoms with Gasteiger partial charge in [-0.25, -0.2) is 14.2 Å². The molecule has 2 heterocycles. The van der Waals surface area contributed by atoms with Crippen LogP contribution in [0.25, 0.3) is 11.3 Å². The largest absolute Gasteiger partial charge is 0.477 e. The topological polar surface area (TPSA) is 92.7 Å². The van der Waals surface area contributed by atoms with Crippen molar-refractivity contribution in [3.05, 3.63) is 35.3 Å². The molecule has 0 unspecified atom stereocenters. The lowest BCUT2D eigenvalue weighted by atomic mass is 10.1. The Kier molecular flexibility index (Phi) is 2.70. The van der Waals surface area contributed by atoms with Crippen LogP contribution >= 0.6 is 0 Å². The van der Waals surface area contributed by atoms with E-state index in [0.717, 1.165) is 4.57 Å². The number of aromatic carboxylic acids is 1. The fourth-order valence-corrected chi connectivity index (χ4v) is 1.97. The lowest BCUT2D eigenvalue weighted by Gasteiger charge is -2.02. The first-order valence-corrected chi connectivity index (χ1v) is 5.17. The van der Waals surface area contributed by atoms with Gasteiger partial charge in [0.2, 0.25) is 0 Å². The molecule has 0 radical (unpaired) electrons. The van der Waals surface area contributed by atoms with Gasteiger partial charge in [0.15, 0.2) is 0 Å². The molecule has 0 amide bonds. The second kappa shape index (κ2) is 4.06. The third-order valence-electron chi connectivity index (χ3n) is 2.87. The Morgan fingerprint density at radius 3 is 2.39 bits per heavy atom. The Labute approximate surface area is 102 Å². The minimum Gasteiger partial charge on any atom is -0.477 e. The first kappa shape index (κ1) is 12.0. The number of carboxylic acid groups (broad SMARTS) is 2. The van der Waals surface area contributed by atoms with Gasteiger partial charge in [-0.1, -0.05) is 0 Å². The van der Waals surface area contributed by atoms with Crippen molar-refractivity contribution in [3.8, 4) is 11.3 Å². The molecular formula is C12H11NO5. The molecule has 0 aliphatic heterocycles. The summed E-state index contributed by atoms with van der Waals surface area (Å²) in [6.07, 6.45) is 0.0826. The zero-order chi connectivity index (χ0) is 13.4. The SMILES string of the molecule is Cc1c(-c2ccco2)c(C(=O)O)n(C(=O)O)c1C. The van der Waals surface area contributed by atoms with Gasteiger partial charge in [-0.05, 0) is 31.5 Å². The predicted molar refractivity (Wildman–Crippen MR) is 62.0 cm³/mol. The van der Waals surface area contributed by atoms with Crippen LogP contribution in [0.5, 0.6) is 0 Å². The number of aromatic nitrogens is 1. The lowest BCUT2D eigenvalue weighted by Crippen LogP contribution is -2.17. The monoisotopic (exact) mass is 249 g/mol. The van der Waals surface area contributed by atoms with Gasteiger partial charge in [-0.2, -0.15) is 0 Å². The van der Waals surface area contributed by atoms with Crippen molar-refractivity contribution in [2.75, 3.05) is 0 Å². The van der Waals surface area contributed by atoms with Crippen molar-refractivity contribution in [2.45, 2.75) is 13.8 Å². The Bertz CT molecular complexity index is 621. The van der Waals surface area contributed by atoms with Gasteiger partial charge in [-0.15, -0.1) is 0 Å². The van der Waals surface area contributed by atoms with Crippen molar-refractivity contribution in [2.24, 2.45) is 0 Å². The van der Waals surface area contributed by atoms with Crippen LogP contribution in [0.4, 0.5) is 4.79 Å². The smallest absolute Gasteiger partial charge is 0.416 e. The third kappa shape index (κ3) is 1.58. The maximum Gasteiger partial charge on any atom is 0.416 e. The van der Waals surface area contributed by atoms with Crippen molar-refractivity contribution in [1.29, 1.82) is 0 Å². The van der Waals surface area contributed by atoms with E-state index in [1.54, 1.807) is 26.0 Å². The molecule has 0 aromatic carbocycles. The number of carbonyl (C=O) groups is 2. The number of hydrogen-bond acceptors (Lipinski definition) is 3. The van der Waals surface area contributed by atoms with E-state index in [1.165, 1.54) is 6.26 Å². The average molecular weight is 249 g/mol. The molecule has 0 atom stereocenters. The van der Waals surface area contributed by atoms with Gasteiger partial charge < -0.3 is 14.6 Å². The summed E-state index contributed by atoms with van der Waals surface area (Å²) < 4.78 is 5.93.